The van der Waals surface area contributed by atoms with Crippen molar-refractivity contribution >= 4 is 12.0 Å². The summed E-state index contributed by atoms with van der Waals surface area (Å²) in [6.07, 6.45) is 10.5. The molecule has 144 valence electrons. The number of likely N-dealkylation sites (tertiary alicyclic amines) is 1. The van der Waals surface area contributed by atoms with Crippen molar-refractivity contribution in [2.75, 3.05) is 13.1 Å². The zero-order chi connectivity index (χ0) is 19.7. The lowest BCUT2D eigenvalue weighted by Gasteiger charge is -2.41. The third kappa shape index (κ3) is 3.40. The standard InChI is InChI=1S/C24H21N3O2/c28-23(21-17-25-12-13-26-21)27-14-10-24(11-15-27)9-8-20-16-19(6-7-22(20)29-24)18-4-2-1-3-5-18/h1-9,12-13,16-17H,10-11,14-15H2. The first-order chi connectivity index (χ1) is 14.2. The minimum Gasteiger partial charge on any atom is -0.482 e. The second-order valence-corrected chi connectivity index (χ2v) is 7.50. The minimum atomic E-state index is -0.347. The third-order valence-electron chi connectivity index (χ3n) is 5.68. The van der Waals surface area contributed by atoms with E-state index in [4.69, 9.17) is 4.74 Å². The number of ether oxygens (including phenoxy) is 1. The molecule has 3 heterocycles. The summed E-state index contributed by atoms with van der Waals surface area (Å²) in [5.74, 6) is 0.835. The molecule has 1 amide bonds. The highest BCUT2D eigenvalue weighted by atomic mass is 16.5. The van der Waals surface area contributed by atoms with Crippen LogP contribution in [0, 0.1) is 0 Å². The average Bonchev–Trinajstić information content (AvgIpc) is 2.80. The molecule has 0 saturated carbocycles. The zero-order valence-corrected chi connectivity index (χ0v) is 16.0. The van der Waals surface area contributed by atoms with E-state index in [0.717, 1.165) is 24.2 Å². The summed E-state index contributed by atoms with van der Waals surface area (Å²) < 4.78 is 6.43. The van der Waals surface area contributed by atoms with E-state index in [0.29, 0.717) is 18.8 Å². The monoisotopic (exact) mass is 383 g/mol. The van der Waals surface area contributed by atoms with Gasteiger partial charge in [-0.25, -0.2) is 4.98 Å². The number of rotatable bonds is 2. The Morgan fingerprint density at radius 1 is 1.00 bits per heavy atom. The molecule has 5 rings (SSSR count). The molecule has 29 heavy (non-hydrogen) atoms. The number of hydrogen-bond donors (Lipinski definition) is 0. The fourth-order valence-corrected chi connectivity index (χ4v) is 4.01. The SMILES string of the molecule is O=C(c1cnccn1)N1CCC2(C=Cc3cc(-c4ccccc4)ccc3O2)CC1. The fraction of sp³-hybridized carbons (Fsp3) is 0.208. The quantitative estimate of drug-likeness (QED) is 0.665. The molecule has 0 N–H and O–H groups in total. The molecule has 0 atom stereocenters. The Bertz CT molecular complexity index is 1060. The summed E-state index contributed by atoms with van der Waals surface area (Å²) in [6, 6.07) is 16.7. The van der Waals surface area contributed by atoms with Crippen molar-refractivity contribution < 1.29 is 9.53 Å². The molecule has 1 saturated heterocycles. The van der Waals surface area contributed by atoms with E-state index < -0.39 is 0 Å². The number of piperidine rings is 1. The van der Waals surface area contributed by atoms with E-state index in [-0.39, 0.29) is 11.5 Å². The summed E-state index contributed by atoms with van der Waals surface area (Å²) in [7, 11) is 0. The van der Waals surface area contributed by atoms with Crippen LogP contribution in [0.4, 0.5) is 0 Å². The van der Waals surface area contributed by atoms with Crippen molar-refractivity contribution in [2.45, 2.75) is 18.4 Å². The Morgan fingerprint density at radius 2 is 1.83 bits per heavy atom. The van der Waals surface area contributed by atoms with Gasteiger partial charge >= 0.3 is 0 Å². The molecule has 1 spiro atoms. The van der Waals surface area contributed by atoms with Crippen LogP contribution in [0.15, 0.2) is 73.2 Å². The number of carbonyl (C=O) groups excluding carboxylic acids is 1. The lowest BCUT2D eigenvalue weighted by atomic mass is 9.87. The van der Waals surface area contributed by atoms with Gasteiger partial charge in [-0.1, -0.05) is 42.5 Å². The molecule has 3 aromatic rings. The van der Waals surface area contributed by atoms with Gasteiger partial charge in [0.25, 0.3) is 5.91 Å². The second kappa shape index (κ2) is 7.17. The smallest absolute Gasteiger partial charge is 0.274 e. The molecule has 2 aliphatic heterocycles. The van der Waals surface area contributed by atoms with Gasteiger partial charge in [0.2, 0.25) is 0 Å². The van der Waals surface area contributed by atoms with Gasteiger partial charge < -0.3 is 9.64 Å². The molecular weight excluding hydrogens is 362 g/mol. The highest BCUT2D eigenvalue weighted by Crippen LogP contribution is 2.38. The van der Waals surface area contributed by atoms with Gasteiger partial charge in [0.15, 0.2) is 0 Å². The Balaban J connectivity index is 1.31. The lowest BCUT2D eigenvalue weighted by Crippen LogP contribution is -2.49. The van der Waals surface area contributed by atoms with E-state index in [1.165, 1.54) is 17.3 Å². The normalized spacial score (nSPS) is 16.9. The van der Waals surface area contributed by atoms with E-state index in [9.17, 15) is 4.79 Å². The van der Waals surface area contributed by atoms with Crippen molar-refractivity contribution in [1.82, 2.24) is 14.9 Å². The van der Waals surface area contributed by atoms with Gasteiger partial charge in [-0.05, 0) is 29.3 Å². The maximum absolute atomic E-state index is 12.6. The molecule has 1 fully saturated rings. The van der Waals surface area contributed by atoms with Crippen LogP contribution in [-0.4, -0.2) is 39.5 Å². The Kier molecular flexibility index (Phi) is 4.35. The minimum absolute atomic E-state index is 0.0688. The average molecular weight is 383 g/mol. The highest BCUT2D eigenvalue weighted by molar-refractivity contribution is 5.92. The number of hydrogen-bond acceptors (Lipinski definition) is 4. The zero-order valence-electron chi connectivity index (χ0n) is 16.0. The molecule has 0 unspecified atom stereocenters. The Hall–Kier alpha value is -3.47. The molecular formula is C24H21N3O2. The summed E-state index contributed by atoms with van der Waals surface area (Å²) in [4.78, 5) is 22.6. The van der Waals surface area contributed by atoms with Crippen LogP contribution in [0.3, 0.4) is 0 Å². The van der Waals surface area contributed by atoms with E-state index in [1.54, 1.807) is 12.4 Å². The van der Waals surface area contributed by atoms with Crippen molar-refractivity contribution in [1.29, 1.82) is 0 Å². The van der Waals surface area contributed by atoms with Crippen LogP contribution in [0.25, 0.3) is 17.2 Å². The largest absolute Gasteiger partial charge is 0.482 e. The molecule has 1 aromatic heterocycles. The number of carbonyl (C=O) groups is 1. The first-order valence-electron chi connectivity index (χ1n) is 9.86. The van der Waals surface area contributed by atoms with Gasteiger partial charge in [0.05, 0.1) is 6.20 Å². The van der Waals surface area contributed by atoms with E-state index in [1.807, 2.05) is 23.1 Å². The van der Waals surface area contributed by atoms with Gasteiger partial charge in [0, 0.05) is 43.9 Å². The maximum atomic E-state index is 12.6. The molecule has 0 radical (unpaired) electrons. The number of aromatic nitrogens is 2. The van der Waals surface area contributed by atoms with Gasteiger partial charge in [-0.3, -0.25) is 9.78 Å². The number of benzene rings is 2. The van der Waals surface area contributed by atoms with Crippen molar-refractivity contribution in [2.24, 2.45) is 0 Å². The molecule has 5 nitrogen and oxygen atoms in total. The summed E-state index contributed by atoms with van der Waals surface area (Å²) in [5.41, 5.74) is 3.51. The number of amides is 1. The van der Waals surface area contributed by atoms with Crippen LogP contribution in [0.5, 0.6) is 5.75 Å². The summed E-state index contributed by atoms with van der Waals surface area (Å²) in [5, 5.41) is 0. The van der Waals surface area contributed by atoms with Gasteiger partial charge in [-0.2, -0.15) is 0 Å². The third-order valence-corrected chi connectivity index (χ3v) is 5.68. The van der Waals surface area contributed by atoms with Gasteiger partial charge in [0.1, 0.15) is 17.0 Å². The van der Waals surface area contributed by atoms with Crippen molar-refractivity contribution in [3.63, 3.8) is 0 Å². The molecule has 5 heteroatoms. The highest BCUT2D eigenvalue weighted by Gasteiger charge is 2.38. The predicted molar refractivity (Wildman–Crippen MR) is 111 cm³/mol. The van der Waals surface area contributed by atoms with Crippen LogP contribution < -0.4 is 4.74 Å². The Morgan fingerprint density at radius 3 is 2.59 bits per heavy atom. The van der Waals surface area contributed by atoms with Crippen molar-refractivity contribution in [3.05, 3.63) is 84.5 Å². The molecule has 0 aliphatic carbocycles. The molecule has 0 bridgehead atoms. The molecule has 2 aliphatic rings. The second-order valence-electron chi connectivity index (χ2n) is 7.50. The predicted octanol–water partition coefficient (Wildman–Crippen LogP) is 4.22. The lowest BCUT2D eigenvalue weighted by molar-refractivity contribution is 0.0326. The van der Waals surface area contributed by atoms with Gasteiger partial charge in [-0.15, -0.1) is 0 Å². The first-order valence-corrected chi connectivity index (χ1v) is 9.86. The van der Waals surface area contributed by atoms with Crippen LogP contribution in [0.2, 0.25) is 0 Å². The van der Waals surface area contributed by atoms with Crippen LogP contribution >= 0.6 is 0 Å². The maximum Gasteiger partial charge on any atom is 0.274 e. The first kappa shape index (κ1) is 17.6. The van der Waals surface area contributed by atoms with Crippen LogP contribution in [0.1, 0.15) is 28.9 Å². The summed E-state index contributed by atoms with van der Waals surface area (Å²) in [6.45, 7) is 1.27. The number of fused-ring (bicyclic) bond motifs is 1. The fourth-order valence-electron chi connectivity index (χ4n) is 4.01. The number of nitrogens with zero attached hydrogens (tertiary/aromatic N) is 3. The summed E-state index contributed by atoms with van der Waals surface area (Å²) >= 11 is 0. The Labute approximate surface area is 169 Å². The van der Waals surface area contributed by atoms with E-state index >= 15 is 0 Å². The van der Waals surface area contributed by atoms with Crippen molar-refractivity contribution in [3.8, 4) is 16.9 Å². The van der Waals surface area contributed by atoms with Crippen LogP contribution in [-0.2, 0) is 0 Å². The molecule has 2 aromatic carbocycles. The van der Waals surface area contributed by atoms with E-state index in [2.05, 4.69) is 52.5 Å². The topological polar surface area (TPSA) is 55.3 Å².